The molecule has 1 aliphatic rings. The van der Waals surface area contributed by atoms with Crippen molar-refractivity contribution < 1.29 is 14.3 Å². The van der Waals surface area contributed by atoms with E-state index < -0.39 is 0 Å². The summed E-state index contributed by atoms with van der Waals surface area (Å²) in [4.78, 5) is 22.3. The van der Waals surface area contributed by atoms with Crippen molar-refractivity contribution >= 4 is 34.4 Å². The maximum absolute atomic E-state index is 11.3. The first kappa shape index (κ1) is 12.8. The Labute approximate surface area is 98.9 Å². The minimum atomic E-state index is -0.158. The van der Waals surface area contributed by atoms with Gasteiger partial charge in [-0.25, -0.2) is 0 Å². The topological polar surface area (TPSA) is 43.4 Å². The maximum atomic E-state index is 11.3. The van der Waals surface area contributed by atoms with Gasteiger partial charge in [0.25, 0.3) is 0 Å². The Hall–Kier alpha value is -0.220. The molecule has 0 amide bonds. The third-order valence-electron chi connectivity index (χ3n) is 2.43. The minimum Gasteiger partial charge on any atom is -0.466 e. The van der Waals surface area contributed by atoms with Crippen molar-refractivity contribution in [2.45, 2.75) is 26.2 Å². The second-order valence-corrected chi connectivity index (χ2v) is 5.08. The van der Waals surface area contributed by atoms with Crippen LogP contribution in [0.2, 0.25) is 0 Å². The molecule has 0 N–H and O–H groups in total. The SMILES string of the molecule is CCOC(=O)CC1(CSC(=O)CCl)CC1. The van der Waals surface area contributed by atoms with E-state index in [2.05, 4.69) is 0 Å². The number of carbonyl (C=O) groups excluding carboxylic acids is 2. The lowest BCUT2D eigenvalue weighted by molar-refractivity contribution is -0.144. The van der Waals surface area contributed by atoms with Gasteiger partial charge in [-0.1, -0.05) is 11.8 Å². The molecule has 86 valence electrons. The summed E-state index contributed by atoms with van der Waals surface area (Å²) < 4.78 is 4.89. The van der Waals surface area contributed by atoms with E-state index in [0.717, 1.165) is 12.8 Å². The van der Waals surface area contributed by atoms with Gasteiger partial charge in [0.05, 0.1) is 18.9 Å². The van der Waals surface area contributed by atoms with Crippen LogP contribution in [0.15, 0.2) is 0 Å². The van der Waals surface area contributed by atoms with E-state index in [0.29, 0.717) is 18.8 Å². The predicted molar refractivity (Wildman–Crippen MR) is 61.1 cm³/mol. The summed E-state index contributed by atoms with van der Waals surface area (Å²) in [7, 11) is 0. The molecule has 0 aromatic heterocycles. The fraction of sp³-hybridized carbons (Fsp3) is 0.800. The summed E-state index contributed by atoms with van der Waals surface area (Å²) in [6.45, 7) is 2.21. The van der Waals surface area contributed by atoms with Crippen molar-refractivity contribution in [3.05, 3.63) is 0 Å². The Balaban J connectivity index is 2.27. The Bertz CT molecular complexity index is 251. The standard InChI is InChI=1S/C10H15ClO3S/c1-2-14-8(12)5-10(3-4-10)7-15-9(13)6-11/h2-7H2,1H3. The van der Waals surface area contributed by atoms with Gasteiger partial charge in [-0.15, -0.1) is 11.6 Å². The van der Waals surface area contributed by atoms with Crippen molar-refractivity contribution in [3.8, 4) is 0 Å². The van der Waals surface area contributed by atoms with E-state index in [1.54, 1.807) is 6.92 Å². The number of hydrogen-bond donors (Lipinski definition) is 0. The fourth-order valence-corrected chi connectivity index (χ4v) is 2.51. The fourth-order valence-electron chi connectivity index (χ4n) is 1.34. The van der Waals surface area contributed by atoms with Gasteiger partial charge in [0.1, 0.15) is 0 Å². The van der Waals surface area contributed by atoms with Gasteiger partial charge in [-0.3, -0.25) is 9.59 Å². The molecule has 0 aliphatic heterocycles. The number of halogens is 1. The monoisotopic (exact) mass is 250 g/mol. The number of rotatable bonds is 6. The molecule has 0 unspecified atom stereocenters. The Morgan fingerprint density at radius 1 is 1.47 bits per heavy atom. The average molecular weight is 251 g/mol. The zero-order valence-electron chi connectivity index (χ0n) is 8.75. The summed E-state index contributed by atoms with van der Waals surface area (Å²) in [5, 5.41) is -0.0215. The van der Waals surface area contributed by atoms with E-state index >= 15 is 0 Å². The van der Waals surface area contributed by atoms with Gasteiger partial charge in [-0.05, 0) is 25.2 Å². The largest absolute Gasteiger partial charge is 0.466 e. The van der Waals surface area contributed by atoms with E-state index in [9.17, 15) is 9.59 Å². The van der Waals surface area contributed by atoms with Gasteiger partial charge in [0.2, 0.25) is 5.12 Å². The van der Waals surface area contributed by atoms with Crippen molar-refractivity contribution in [1.29, 1.82) is 0 Å². The molecule has 3 nitrogen and oxygen atoms in total. The molecule has 0 spiro atoms. The third-order valence-corrected chi connectivity index (χ3v) is 4.05. The minimum absolute atomic E-state index is 0.0125. The number of ether oxygens (including phenoxy) is 1. The second-order valence-electron chi connectivity index (χ2n) is 3.78. The zero-order valence-corrected chi connectivity index (χ0v) is 10.3. The van der Waals surface area contributed by atoms with Gasteiger partial charge in [0.15, 0.2) is 0 Å². The second kappa shape index (κ2) is 5.75. The zero-order chi connectivity index (χ0) is 11.3. The highest BCUT2D eigenvalue weighted by atomic mass is 35.5. The maximum Gasteiger partial charge on any atom is 0.306 e. The molecule has 0 heterocycles. The number of alkyl halides is 1. The Morgan fingerprint density at radius 3 is 2.60 bits per heavy atom. The van der Waals surface area contributed by atoms with Gasteiger partial charge in [-0.2, -0.15) is 0 Å². The molecule has 1 aliphatic carbocycles. The van der Waals surface area contributed by atoms with Crippen molar-refractivity contribution in [2.24, 2.45) is 5.41 Å². The quantitative estimate of drug-likeness (QED) is 0.536. The lowest BCUT2D eigenvalue weighted by atomic mass is 10.1. The number of esters is 1. The molecular formula is C10H15ClO3S. The summed E-state index contributed by atoms with van der Waals surface area (Å²) >= 11 is 6.62. The summed E-state index contributed by atoms with van der Waals surface area (Å²) in [5.74, 6) is 0.575. The summed E-state index contributed by atoms with van der Waals surface area (Å²) in [5.41, 5.74) is 0.0125. The molecule has 15 heavy (non-hydrogen) atoms. The van der Waals surface area contributed by atoms with E-state index in [1.807, 2.05) is 0 Å². The van der Waals surface area contributed by atoms with E-state index in [1.165, 1.54) is 11.8 Å². The third kappa shape index (κ3) is 4.43. The molecule has 0 aromatic rings. The Morgan fingerprint density at radius 2 is 2.13 bits per heavy atom. The van der Waals surface area contributed by atoms with Crippen LogP contribution < -0.4 is 0 Å². The first-order valence-corrected chi connectivity index (χ1v) is 6.51. The van der Waals surface area contributed by atoms with Crippen LogP contribution in [0.4, 0.5) is 0 Å². The van der Waals surface area contributed by atoms with Crippen molar-refractivity contribution in [3.63, 3.8) is 0 Å². The van der Waals surface area contributed by atoms with E-state index in [-0.39, 0.29) is 22.4 Å². The van der Waals surface area contributed by atoms with Crippen molar-refractivity contribution in [2.75, 3.05) is 18.2 Å². The van der Waals surface area contributed by atoms with Gasteiger partial charge >= 0.3 is 5.97 Å². The molecule has 5 heteroatoms. The first-order chi connectivity index (χ1) is 7.12. The normalized spacial score (nSPS) is 17.2. The van der Waals surface area contributed by atoms with Crippen LogP contribution in [0.5, 0.6) is 0 Å². The highest BCUT2D eigenvalue weighted by molar-refractivity contribution is 8.13. The molecule has 0 saturated heterocycles. The van der Waals surface area contributed by atoms with Crippen LogP contribution in [-0.2, 0) is 14.3 Å². The van der Waals surface area contributed by atoms with Gasteiger partial charge in [0, 0.05) is 5.75 Å². The average Bonchev–Trinajstić information content (AvgIpc) is 2.95. The number of carbonyl (C=O) groups is 2. The molecule has 0 aromatic carbocycles. The molecule has 0 bridgehead atoms. The number of thioether (sulfide) groups is 1. The molecule has 1 fully saturated rings. The van der Waals surface area contributed by atoms with Crippen LogP contribution in [0, 0.1) is 5.41 Å². The summed E-state index contributed by atoms with van der Waals surface area (Å²) in [6, 6.07) is 0. The van der Waals surface area contributed by atoms with Gasteiger partial charge < -0.3 is 4.74 Å². The Kier molecular flexibility index (Phi) is 4.93. The smallest absolute Gasteiger partial charge is 0.306 e. The molecular weight excluding hydrogens is 236 g/mol. The lowest BCUT2D eigenvalue weighted by Gasteiger charge is -2.12. The highest BCUT2D eigenvalue weighted by Gasteiger charge is 2.44. The molecule has 0 radical (unpaired) electrons. The van der Waals surface area contributed by atoms with Crippen LogP contribution in [-0.4, -0.2) is 29.3 Å². The van der Waals surface area contributed by atoms with E-state index in [4.69, 9.17) is 16.3 Å². The number of hydrogen-bond acceptors (Lipinski definition) is 4. The summed E-state index contributed by atoms with van der Waals surface area (Å²) in [6.07, 6.45) is 2.45. The van der Waals surface area contributed by atoms with Crippen LogP contribution in [0.1, 0.15) is 26.2 Å². The lowest BCUT2D eigenvalue weighted by Crippen LogP contribution is -2.15. The highest BCUT2D eigenvalue weighted by Crippen LogP contribution is 2.51. The first-order valence-electron chi connectivity index (χ1n) is 4.99. The molecule has 1 saturated carbocycles. The predicted octanol–water partition coefficient (Wildman–Crippen LogP) is 2.22. The van der Waals surface area contributed by atoms with Crippen LogP contribution in [0.25, 0.3) is 0 Å². The van der Waals surface area contributed by atoms with Crippen LogP contribution in [0.3, 0.4) is 0 Å². The van der Waals surface area contributed by atoms with Crippen molar-refractivity contribution in [1.82, 2.24) is 0 Å². The van der Waals surface area contributed by atoms with Crippen LogP contribution >= 0.6 is 23.4 Å². The molecule has 1 rings (SSSR count). The molecule has 0 atom stereocenters.